The van der Waals surface area contributed by atoms with Crippen LogP contribution < -0.4 is 5.73 Å². The molecule has 2 rings (SSSR count). The highest BCUT2D eigenvalue weighted by atomic mass is 35.5. The van der Waals surface area contributed by atoms with Crippen LogP contribution in [-0.4, -0.2) is 13.1 Å². The van der Waals surface area contributed by atoms with Crippen LogP contribution in [0.25, 0.3) is 10.4 Å². The Morgan fingerprint density at radius 3 is 2.83 bits per heavy atom. The van der Waals surface area contributed by atoms with Gasteiger partial charge in [0.25, 0.3) is 0 Å². The zero-order chi connectivity index (χ0) is 13.3. The summed E-state index contributed by atoms with van der Waals surface area (Å²) in [4.78, 5) is 12.9. The van der Waals surface area contributed by atoms with Gasteiger partial charge in [0, 0.05) is 10.4 Å². The highest BCUT2D eigenvalue weighted by molar-refractivity contribution is 7.18. The van der Waals surface area contributed by atoms with Gasteiger partial charge in [-0.2, -0.15) is 0 Å². The number of thiophene rings is 1. The van der Waals surface area contributed by atoms with Gasteiger partial charge in [0.1, 0.15) is 4.88 Å². The molecule has 0 saturated heterocycles. The van der Waals surface area contributed by atoms with E-state index < -0.39 is 5.97 Å². The SMILES string of the molecule is CCc1c(-c2ccoc2Cl)sc(C(=O)OC)c1N. The fraction of sp³-hybridized carbons (Fsp3) is 0.250. The molecule has 6 heteroatoms. The standard InChI is InChI=1S/C12H12ClNO3S/c1-3-6-8(14)10(12(15)16-2)18-9(6)7-4-5-17-11(7)13/h4-5H,3,14H2,1-2H3. The number of methoxy groups -OCH3 is 1. The maximum absolute atomic E-state index is 11.6. The number of halogens is 1. The maximum atomic E-state index is 11.6. The van der Waals surface area contributed by atoms with E-state index in [1.807, 2.05) is 6.92 Å². The quantitative estimate of drug-likeness (QED) is 0.875. The molecule has 96 valence electrons. The summed E-state index contributed by atoms with van der Waals surface area (Å²) < 4.78 is 9.78. The first-order chi connectivity index (χ1) is 8.60. The van der Waals surface area contributed by atoms with E-state index in [-0.39, 0.29) is 0 Å². The fourth-order valence-corrected chi connectivity index (χ4v) is 3.26. The molecular weight excluding hydrogens is 274 g/mol. The van der Waals surface area contributed by atoms with E-state index in [4.69, 9.17) is 26.5 Å². The van der Waals surface area contributed by atoms with Crippen molar-refractivity contribution in [2.75, 3.05) is 12.8 Å². The smallest absolute Gasteiger partial charge is 0.350 e. The van der Waals surface area contributed by atoms with Crippen molar-refractivity contribution in [2.45, 2.75) is 13.3 Å². The summed E-state index contributed by atoms with van der Waals surface area (Å²) in [6, 6.07) is 1.76. The monoisotopic (exact) mass is 285 g/mol. The second-order valence-corrected chi connectivity index (χ2v) is 4.97. The number of hydrogen-bond acceptors (Lipinski definition) is 5. The second kappa shape index (κ2) is 5.04. The number of ether oxygens (including phenoxy) is 1. The molecule has 4 nitrogen and oxygen atoms in total. The fourth-order valence-electron chi connectivity index (χ4n) is 1.75. The van der Waals surface area contributed by atoms with Gasteiger partial charge in [-0.05, 0) is 29.7 Å². The van der Waals surface area contributed by atoms with Crippen molar-refractivity contribution in [2.24, 2.45) is 0 Å². The first-order valence-electron chi connectivity index (χ1n) is 5.32. The summed E-state index contributed by atoms with van der Waals surface area (Å²) in [6.07, 6.45) is 2.21. The van der Waals surface area contributed by atoms with Crippen LogP contribution in [0, 0.1) is 0 Å². The number of carbonyl (C=O) groups excluding carboxylic acids is 1. The first-order valence-corrected chi connectivity index (χ1v) is 6.52. The lowest BCUT2D eigenvalue weighted by Crippen LogP contribution is -2.02. The van der Waals surface area contributed by atoms with Crippen LogP contribution in [-0.2, 0) is 11.2 Å². The van der Waals surface area contributed by atoms with E-state index in [1.54, 1.807) is 6.07 Å². The average Bonchev–Trinajstić information content (AvgIpc) is 2.91. The van der Waals surface area contributed by atoms with Crippen molar-refractivity contribution >= 4 is 34.6 Å². The first kappa shape index (κ1) is 13.0. The molecular formula is C12H12ClNO3S. The summed E-state index contributed by atoms with van der Waals surface area (Å²) in [7, 11) is 1.33. The molecule has 0 aliphatic rings. The minimum Gasteiger partial charge on any atom is -0.465 e. The summed E-state index contributed by atoms with van der Waals surface area (Å²) >= 11 is 7.23. The number of nitrogens with two attached hydrogens (primary N) is 1. The largest absolute Gasteiger partial charge is 0.465 e. The van der Waals surface area contributed by atoms with Gasteiger partial charge >= 0.3 is 5.97 Å². The van der Waals surface area contributed by atoms with Crippen LogP contribution in [0.2, 0.25) is 5.22 Å². The third kappa shape index (κ3) is 2.00. The van der Waals surface area contributed by atoms with Gasteiger partial charge < -0.3 is 14.9 Å². The third-order valence-corrected chi connectivity index (χ3v) is 4.19. The van der Waals surface area contributed by atoms with Crippen LogP contribution in [0.15, 0.2) is 16.7 Å². The molecule has 0 radical (unpaired) electrons. The number of furan rings is 1. The van der Waals surface area contributed by atoms with E-state index in [0.717, 1.165) is 16.0 Å². The molecule has 0 aliphatic carbocycles. The van der Waals surface area contributed by atoms with Gasteiger partial charge in [-0.3, -0.25) is 0 Å². The Morgan fingerprint density at radius 2 is 2.33 bits per heavy atom. The Balaban J connectivity index is 2.62. The Labute approximate surface area is 113 Å². The van der Waals surface area contributed by atoms with Crippen LogP contribution in [0.3, 0.4) is 0 Å². The molecule has 2 aromatic rings. The van der Waals surface area contributed by atoms with Gasteiger partial charge in [0.15, 0.2) is 0 Å². The topological polar surface area (TPSA) is 65.5 Å². The van der Waals surface area contributed by atoms with Crippen molar-refractivity contribution in [3.05, 3.63) is 28.0 Å². The van der Waals surface area contributed by atoms with Crippen LogP contribution >= 0.6 is 22.9 Å². The van der Waals surface area contributed by atoms with E-state index in [1.165, 1.54) is 24.7 Å². The number of rotatable bonds is 3. The van der Waals surface area contributed by atoms with Gasteiger partial charge in [0.05, 0.1) is 19.1 Å². The number of hydrogen-bond donors (Lipinski definition) is 1. The van der Waals surface area contributed by atoms with E-state index in [9.17, 15) is 4.79 Å². The van der Waals surface area contributed by atoms with Crippen molar-refractivity contribution in [1.82, 2.24) is 0 Å². The summed E-state index contributed by atoms with van der Waals surface area (Å²) in [5.74, 6) is -0.432. The lowest BCUT2D eigenvalue weighted by Gasteiger charge is -2.00. The molecule has 0 atom stereocenters. The van der Waals surface area contributed by atoms with E-state index >= 15 is 0 Å². The Bertz CT molecular complexity index is 588. The minimum absolute atomic E-state index is 0.294. The number of nitrogen functional groups attached to an aromatic ring is 1. The predicted molar refractivity (Wildman–Crippen MR) is 72.2 cm³/mol. The molecule has 2 heterocycles. The van der Waals surface area contributed by atoms with E-state index in [2.05, 4.69) is 0 Å². The van der Waals surface area contributed by atoms with Gasteiger partial charge in [-0.15, -0.1) is 11.3 Å². The molecule has 2 aromatic heterocycles. The molecule has 2 N–H and O–H groups in total. The summed E-state index contributed by atoms with van der Waals surface area (Å²) in [5.41, 5.74) is 8.09. The van der Waals surface area contributed by atoms with Gasteiger partial charge in [-0.1, -0.05) is 6.92 Å². The number of anilines is 1. The lowest BCUT2D eigenvalue weighted by atomic mass is 10.1. The lowest BCUT2D eigenvalue weighted by molar-refractivity contribution is 0.0607. The summed E-state index contributed by atoms with van der Waals surface area (Å²) in [5, 5.41) is 0.294. The summed E-state index contributed by atoms with van der Waals surface area (Å²) in [6.45, 7) is 1.97. The minimum atomic E-state index is -0.432. The zero-order valence-corrected chi connectivity index (χ0v) is 11.5. The predicted octanol–water partition coefficient (Wildman–Crippen LogP) is 3.59. The van der Waals surface area contributed by atoms with Crippen molar-refractivity contribution in [3.63, 3.8) is 0 Å². The van der Waals surface area contributed by atoms with Gasteiger partial charge in [0.2, 0.25) is 5.22 Å². The van der Waals surface area contributed by atoms with Crippen molar-refractivity contribution < 1.29 is 13.9 Å². The maximum Gasteiger partial charge on any atom is 0.350 e. The number of esters is 1. The Kier molecular flexibility index (Phi) is 3.63. The third-order valence-electron chi connectivity index (χ3n) is 2.63. The zero-order valence-electron chi connectivity index (χ0n) is 9.95. The van der Waals surface area contributed by atoms with Crippen molar-refractivity contribution in [3.8, 4) is 10.4 Å². The molecule has 0 saturated carbocycles. The molecule has 0 unspecified atom stereocenters. The molecule has 0 aliphatic heterocycles. The van der Waals surface area contributed by atoms with E-state index in [0.29, 0.717) is 22.2 Å². The molecule has 0 aromatic carbocycles. The highest BCUT2D eigenvalue weighted by Gasteiger charge is 2.23. The Morgan fingerprint density at radius 1 is 1.61 bits per heavy atom. The average molecular weight is 286 g/mol. The van der Waals surface area contributed by atoms with Crippen LogP contribution in [0.5, 0.6) is 0 Å². The Hall–Kier alpha value is -1.46. The molecule has 0 fully saturated rings. The normalized spacial score (nSPS) is 10.6. The molecule has 18 heavy (non-hydrogen) atoms. The molecule has 0 spiro atoms. The van der Waals surface area contributed by atoms with Crippen LogP contribution in [0.4, 0.5) is 5.69 Å². The number of carbonyl (C=O) groups is 1. The van der Waals surface area contributed by atoms with Crippen LogP contribution in [0.1, 0.15) is 22.2 Å². The molecule has 0 amide bonds. The molecule has 0 bridgehead atoms. The second-order valence-electron chi connectivity index (χ2n) is 3.61. The van der Waals surface area contributed by atoms with Gasteiger partial charge in [-0.25, -0.2) is 4.79 Å². The van der Waals surface area contributed by atoms with Crippen molar-refractivity contribution in [1.29, 1.82) is 0 Å². The highest BCUT2D eigenvalue weighted by Crippen LogP contribution is 2.42.